The van der Waals surface area contributed by atoms with Crippen LogP contribution in [0.4, 0.5) is 14.9 Å². The molecule has 1 amide bonds. The van der Waals surface area contributed by atoms with Gasteiger partial charge in [-0.1, -0.05) is 36.4 Å². The van der Waals surface area contributed by atoms with E-state index in [2.05, 4.69) is 4.72 Å². The summed E-state index contributed by atoms with van der Waals surface area (Å²) >= 11 is -1.24. The Hall–Kier alpha value is -2.29. The minimum atomic E-state index is -1.24. The van der Waals surface area contributed by atoms with Crippen molar-refractivity contribution in [2.75, 3.05) is 31.1 Å². The van der Waals surface area contributed by atoms with Gasteiger partial charge in [0, 0.05) is 37.5 Å². The van der Waals surface area contributed by atoms with Crippen LogP contribution in [0.15, 0.2) is 48.5 Å². The average molecular weight is 462 g/mol. The van der Waals surface area contributed by atoms with Crippen LogP contribution < -0.4 is 9.62 Å². The number of anilines is 1. The average Bonchev–Trinajstić information content (AvgIpc) is 2.77. The number of halogens is 1. The molecular weight excluding hydrogens is 429 g/mol. The Balaban J connectivity index is 1.53. The Morgan fingerprint density at radius 2 is 1.81 bits per heavy atom. The van der Waals surface area contributed by atoms with E-state index in [0.717, 1.165) is 11.1 Å². The van der Waals surface area contributed by atoms with E-state index < -0.39 is 16.1 Å². The zero-order valence-electron chi connectivity index (χ0n) is 19.1. The molecule has 6 nitrogen and oxygen atoms in total. The molecule has 0 aromatic heterocycles. The number of hydrogen-bond acceptors (Lipinski definition) is 5. The first-order valence-electron chi connectivity index (χ1n) is 10.8. The molecule has 32 heavy (non-hydrogen) atoms. The van der Waals surface area contributed by atoms with Gasteiger partial charge in [0.25, 0.3) is 0 Å². The zero-order chi connectivity index (χ0) is 23.3. The van der Waals surface area contributed by atoms with Crippen LogP contribution in [0, 0.1) is 5.82 Å². The fraction of sp³-hybridized carbons (Fsp3) is 0.458. The maximum Gasteiger partial charge on any atom is 0.410 e. The molecule has 1 saturated heterocycles. The highest BCUT2D eigenvalue weighted by atomic mass is 32.2. The van der Waals surface area contributed by atoms with E-state index >= 15 is 0 Å². The highest BCUT2D eigenvalue weighted by Gasteiger charge is 2.29. The Bertz CT molecular complexity index is 899. The van der Waals surface area contributed by atoms with Gasteiger partial charge in [-0.2, -0.15) is 0 Å². The quantitative estimate of drug-likeness (QED) is 0.646. The number of benzene rings is 2. The molecule has 1 fully saturated rings. The Morgan fingerprint density at radius 1 is 1.16 bits per heavy atom. The number of hydrogen-bond donors (Lipinski definition) is 1. The zero-order valence-corrected chi connectivity index (χ0v) is 20.0. The summed E-state index contributed by atoms with van der Waals surface area (Å²) in [7, 11) is 0. The summed E-state index contributed by atoms with van der Waals surface area (Å²) in [4.78, 5) is 15.9. The molecule has 1 heterocycles. The number of nitrogens with zero attached hydrogens (tertiary/aromatic N) is 2. The minimum absolute atomic E-state index is 0.238. The van der Waals surface area contributed by atoms with Crippen molar-refractivity contribution in [3.8, 4) is 0 Å². The second-order valence-electron chi connectivity index (χ2n) is 8.95. The molecule has 174 valence electrons. The standard InChI is InChI=1S/C24H32FN3O3S/c1-18(26-32(30)24(2,3)4)20-10-11-22(21(25)16-20)27-12-14-28(15-13-27)23(29)31-17-19-8-6-5-7-9-19/h5-11,16,18,26H,12-15,17H2,1-4H3/t18-,32?/m0/s1. The fourth-order valence-corrected chi connectivity index (χ4v) is 4.21. The Kier molecular flexibility index (Phi) is 8.03. The van der Waals surface area contributed by atoms with E-state index in [-0.39, 0.29) is 24.6 Å². The third kappa shape index (κ3) is 6.37. The van der Waals surface area contributed by atoms with E-state index in [1.165, 1.54) is 6.07 Å². The molecule has 0 bridgehead atoms. The van der Waals surface area contributed by atoms with Gasteiger partial charge in [0.2, 0.25) is 0 Å². The summed E-state index contributed by atoms with van der Waals surface area (Å²) in [6.45, 7) is 9.78. The molecule has 2 aromatic carbocycles. The number of ether oxygens (including phenoxy) is 1. The second kappa shape index (κ2) is 10.6. The van der Waals surface area contributed by atoms with Gasteiger partial charge in [0.1, 0.15) is 17.2 Å². The lowest BCUT2D eigenvalue weighted by Crippen LogP contribution is -2.49. The molecule has 0 aliphatic carbocycles. The third-order valence-corrected chi connectivity index (χ3v) is 7.08. The summed E-state index contributed by atoms with van der Waals surface area (Å²) in [5.74, 6) is -0.321. The highest BCUT2D eigenvalue weighted by molar-refractivity contribution is 7.90. The number of piperazine rings is 1. The summed E-state index contributed by atoms with van der Waals surface area (Å²) in [5.41, 5.74) is 2.19. The topological polar surface area (TPSA) is 67.9 Å². The van der Waals surface area contributed by atoms with Crippen LogP contribution in [0.25, 0.3) is 0 Å². The second-order valence-corrected chi connectivity index (χ2v) is 10.9. The smallest absolute Gasteiger partial charge is 0.410 e. The Morgan fingerprint density at radius 3 is 2.41 bits per heavy atom. The molecule has 0 spiro atoms. The first kappa shape index (κ1) is 24.4. The molecule has 2 aromatic rings. The van der Waals surface area contributed by atoms with Crippen LogP contribution >= 0.6 is 0 Å². The van der Waals surface area contributed by atoms with Crippen LogP contribution in [0.3, 0.4) is 0 Å². The van der Waals surface area contributed by atoms with Crippen LogP contribution in [0.1, 0.15) is 44.9 Å². The van der Waals surface area contributed by atoms with Gasteiger partial charge in [-0.25, -0.2) is 9.18 Å². The van der Waals surface area contributed by atoms with Gasteiger partial charge in [0.15, 0.2) is 0 Å². The molecule has 1 unspecified atom stereocenters. The van der Waals surface area contributed by atoms with Crippen molar-refractivity contribution in [2.45, 2.75) is 45.1 Å². The molecule has 8 heteroatoms. The maximum atomic E-state index is 14.9. The van der Waals surface area contributed by atoms with Crippen molar-refractivity contribution in [1.29, 1.82) is 0 Å². The van der Waals surface area contributed by atoms with Crippen molar-refractivity contribution in [2.24, 2.45) is 0 Å². The first-order valence-corrected chi connectivity index (χ1v) is 12.0. The lowest BCUT2D eigenvalue weighted by Gasteiger charge is -2.35. The fourth-order valence-electron chi connectivity index (χ4n) is 3.39. The van der Waals surface area contributed by atoms with Crippen molar-refractivity contribution in [3.63, 3.8) is 0 Å². The Labute approximate surface area is 193 Å². The molecule has 2 atom stereocenters. The lowest BCUT2D eigenvalue weighted by molar-refractivity contribution is 0.0941. The highest BCUT2D eigenvalue weighted by Crippen LogP contribution is 2.26. The molecule has 1 aliphatic heterocycles. The van der Waals surface area contributed by atoms with Crippen LogP contribution in [-0.2, 0) is 22.7 Å². The molecular formula is C24H32FN3O3S. The van der Waals surface area contributed by atoms with Crippen molar-refractivity contribution >= 4 is 23.1 Å². The molecule has 0 radical (unpaired) electrons. The van der Waals surface area contributed by atoms with E-state index in [4.69, 9.17) is 4.74 Å². The van der Waals surface area contributed by atoms with Gasteiger partial charge >= 0.3 is 6.09 Å². The number of rotatable bonds is 6. The van der Waals surface area contributed by atoms with E-state index in [1.54, 1.807) is 11.0 Å². The number of carbonyl (C=O) groups excluding carboxylic acids is 1. The normalized spacial score (nSPS) is 16.6. The third-order valence-electron chi connectivity index (χ3n) is 5.40. The molecule has 1 N–H and O–H groups in total. The summed E-state index contributed by atoms with van der Waals surface area (Å²) in [6.07, 6.45) is -0.351. The van der Waals surface area contributed by atoms with Crippen molar-refractivity contribution < 1.29 is 18.5 Å². The SMILES string of the molecule is C[C@H](N[S+]([O-])C(C)(C)C)c1ccc(N2CCN(C(=O)OCc3ccccc3)CC2)c(F)c1. The van der Waals surface area contributed by atoms with Gasteiger partial charge < -0.3 is 19.1 Å². The van der Waals surface area contributed by atoms with Gasteiger partial charge in [-0.05, 0) is 51.0 Å². The van der Waals surface area contributed by atoms with Crippen molar-refractivity contribution in [1.82, 2.24) is 9.62 Å². The summed E-state index contributed by atoms with van der Waals surface area (Å²) in [5, 5.41) is 0. The maximum absolute atomic E-state index is 14.9. The molecule has 0 saturated carbocycles. The van der Waals surface area contributed by atoms with Crippen LogP contribution in [0.2, 0.25) is 0 Å². The molecule has 1 aliphatic rings. The van der Waals surface area contributed by atoms with Gasteiger partial charge in [-0.3, -0.25) is 0 Å². The van der Waals surface area contributed by atoms with Crippen LogP contribution in [-0.4, -0.2) is 46.5 Å². The van der Waals surface area contributed by atoms with Gasteiger partial charge in [0.05, 0.1) is 11.7 Å². The largest absolute Gasteiger partial charge is 0.598 e. The van der Waals surface area contributed by atoms with Crippen molar-refractivity contribution in [3.05, 3.63) is 65.5 Å². The van der Waals surface area contributed by atoms with Gasteiger partial charge in [-0.15, -0.1) is 4.72 Å². The van der Waals surface area contributed by atoms with E-state index in [9.17, 15) is 13.7 Å². The summed E-state index contributed by atoms with van der Waals surface area (Å²) in [6, 6.07) is 14.4. The predicted octanol–water partition coefficient (Wildman–Crippen LogP) is 4.40. The minimum Gasteiger partial charge on any atom is -0.598 e. The van der Waals surface area contributed by atoms with Crippen LogP contribution in [0.5, 0.6) is 0 Å². The summed E-state index contributed by atoms with van der Waals surface area (Å²) < 4.78 is 35.2. The first-order chi connectivity index (χ1) is 15.1. The number of amides is 1. The molecule has 3 rings (SSSR count). The lowest BCUT2D eigenvalue weighted by atomic mass is 10.1. The number of nitrogens with one attached hydrogen (secondary N) is 1. The van der Waals surface area contributed by atoms with E-state index in [0.29, 0.717) is 31.9 Å². The monoisotopic (exact) mass is 461 g/mol. The predicted molar refractivity (Wildman–Crippen MR) is 126 cm³/mol. The van der Waals surface area contributed by atoms with E-state index in [1.807, 2.05) is 69.0 Å². The number of carbonyl (C=O) groups is 1.